The van der Waals surface area contributed by atoms with Gasteiger partial charge in [-0.15, -0.1) is 0 Å². The smallest absolute Gasteiger partial charge is 0.255 e. The number of carbonyl (C=O) groups is 1. The fourth-order valence-electron chi connectivity index (χ4n) is 1.99. The van der Waals surface area contributed by atoms with Crippen molar-refractivity contribution in [1.82, 2.24) is 4.90 Å². The Hall–Kier alpha value is -1.39. The average molecular weight is 371 g/mol. The maximum atomic E-state index is 13.1. The second-order valence-corrected chi connectivity index (χ2v) is 6.06. The van der Waals surface area contributed by atoms with E-state index in [9.17, 15) is 9.18 Å². The average Bonchev–Trinajstić information content (AvgIpc) is 2.46. The van der Waals surface area contributed by atoms with E-state index < -0.39 is 0 Å². The monoisotopic (exact) mass is 369 g/mol. The fraction of sp³-hybridized carbons (Fsp3) is 0.188. The molecule has 110 valence electrons. The third-order valence-electron chi connectivity index (χ3n) is 3.42. The minimum Gasteiger partial charge on any atom is -0.335 e. The molecule has 0 saturated carbocycles. The Morgan fingerprint density at radius 2 is 1.86 bits per heavy atom. The lowest BCUT2D eigenvalue weighted by atomic mass is 10.1. The second-order valence-electron chi connectivity index (χ2n) is 4.77. The molecule has 1 amide bonds. The number of nitrogens with zero attached hydrogens (tertiary/aromatic N) is 1. The number of hydrogen-bond donors (Lipinski definition) is 0. The van der Waals surface area contributed by atoms with Crippen LogP contribution in [0.1, 0.15) is 28.9 Å². The molecule has 0 spiro atoms. The number of hydrogen-bond acceptors (Lipinski definition) is 1. The van der Waals surface area contributed by atoms with Gasteiger partial charge in [0.2, 0.25) is 0 Å². The molecule has 21 heavy (non-hydrogen) atoms. The molecule has 2 nitrogen and oxygen atoms in total. The second kappa shape index (κ2) is 6.58. The van der Waals surface area contributed by atoms with E-state index in [2.05, 4.69) is 15.9 Å². The molecule has 0 aliphatic heterocycles. The van der Waals surface area contributed by atoms with Crippen LogP contribution < -0.4 is 0 Å². The summed E-state index contributed by atoms with van der Waals surface area (Å²) in [5, 5.41) is 0.654. The molecule has 2 rings (SSSR count). The molecule has 0 aliphatic carbocycles. The molecule has 0 aromatic heterocycles. The van der Waals surface area contributed by atoms with Gasteiger partial charge < -0.3 is 4.90 Å². The van der Waals surface area contributed by atoms with Crippen LogP contribution in [0.2, 0.25) is 5.02 Å². The number of halogens is 3. The van der Waals surface area contributed by atoms with E-state index in [0.717, 1.165) is 5.56 Å². The third-order valence-corrected chi connectivity index (χ3v) is 4.32. The van der Waals surface area contributed by atoms with Gasteiger partial charge in [0.15, 0.2) is 0 Å². The standard InChI is InChI=1S/C16H14BrClFNO/c1-10(11-3-5-12(18)6-4-11)20(2)16(21)14-8-7-13(19)9-15(14)17/h3-10H,1-2H3/t10-/m0/s1. The molecule has 0 radical (unpaired) electrons. The largest absolute Gasteiger partial charge is 0.335 e. The summed E-state index contributed by atoms with van der Waals surface area (Å²) >= 11 is 9.09. The fourth-order valence-corrected chi connectivity index (χ4v) is 2.64. The van der Waals surface area contributed by atoms with Crippen molar-refractivity contribution in [2.24, 2.45) is 0 Å². The topological polar surface area (TPSA) is 20.3 Å². The summed E-state index contributed by atoms with van der Waals surface area (Å²) in [6.07, 6.45) is 0. The zero-order valence-electron chi connectivity index (χ0n) is 11.6. The van der Waals surface area contributed by atoms with Crippen molar-refractivity contribution in [3.63, 3.8) is 0 Å². The van der Waals surface area contributed by atoms with Crippen LogP contribution in [0.3, 0.4) is 0 Å². The highest BCUT2D eigenvalue weighted by atomic mass is 79.9. The van der Waals surface area contributed by atoms with Crippen LogP contribution >= 0.6 is 27.5 Å². The van der Waals surface area contributed by atoms with Gasteiger partial charge in [-0.25, -0.2) is 4.39 Å². The molecule has 0 unspecified atom stereocenters. The Kier molecular flexibility index (Phi) is 5.01. The lowest BCUT2D eigenvalue weighted by Crippen LogP contribution is -2.29. The number of carbonyl (C=O) groups excluding carboxylic acids is 1. The first kappa shape index (κ1) is 16.0. The van der Waals surface area contributed by atoms with Crippen molar-refractivity contribution >= 4 is 33.4 Å². The normalized spacial score (nSPS) is 12.0. The molecular weight excluding hydrogens is 357 g/mol. The van der Waals surface area contributed by atoms with Gasteiger partial charge in [-0.05, 0) is 58.7 Å². The van der Waals surface area contributed by atoms with Crippen molar-refractivity contribution in [1.29, 1.82) is 0 Å². The van der Waals surface area contributed by atoms with E-state index in [1.54, 1.807) is 24.1 Å². The van der Waals surface area contributed by atoms with Crippen LogP contribution in [0.4, 0.5) is 4.39 Å². The lowest BCUT2D eigenvalue weighted by molar-refractivity contribution is 0.0741. The summed E-state index contributed by atoms with van der Waals surface area (Å²) in [4.78, 5) is 14.1. The maximum Gasteiger partial charge on any atom is 0.255 e. The molecule has 2 aromatic rings. The Bertz CT molecular complexity index is 660. The first-order chi connectivity index (χ1) is 9.90. The SMILES string of the molecule is C[C@@H](c1ccc(Cl)cc1)N(C)C(=O)c1ccc(F)cc1Br. The van der Waals surface area contributed by atoms with Gasteiger partial charge in [-0.1, -0.05) is 23.7 Å². The van der Waals surface area contributed by atoms with Crippen molar-refractivity contribution in [2.75, 3.05) is 7.05 Å². The molecule has 0 N–H and O–H groups in total. The summed E-state index contributed by atoms with van der Waals surface area (Å²) in [6, 6.07) is 11.3. The van der Waals surface area contributed by atoms with Gasteiger partial charge in [0.05, 0.1) is 11.6 Å². The van der Waals surface area contributed by atoms with Crippen molar-refractivity contribution in [3.8, 4) is 0 Å². The predicted octanol–water partition coefficient (Wildman–Crippen LogP) is 5.07. The van der Waals surface area contributed by atoms with Gasteiger partial charge in [-0.3, -0.25) is 4.79 Å². The highest BCUT2D eigenvalue weighted by Gasteiger charge is 2.20. The van der Waals surface area contributed by atoms with E-state index in [0.29, 0.717) is 15.1 Å². The van der Waals surface area contributed by atoms with E-state index in [1.807, 2.05) is 19.1 Å². The number of rotatable bonds is 3. The molecule has 0 fully saturated rings. The van der Waals surface area contributed by atoms with Crippen LogP contribution in [-0.2, 0) is 0 Å². The van der Waals surface area contributed by atoms with Crippen LogP contribution in [0.15, 0.2) is 46.9 Å². The molecule has 2 aromatic carbocycles. The summed E-state index contributed by atoms with van der Waals surface area (Å²) in [5.41, 5.74) is 1.41. The van der Waals surface area contributed by atoms with Crippen molar-refractivity contribution < 1.29 is 9.18 Å². The molecule has 0 aliphatic rings. The zero-order valence-corrected chi connectivity index (χ0v) is 14.0. The third kappa shape index (κ3) is 3.63. The van der Waals surface area contributed by atoms with Crippen LogP contribution in [0, 0.1) is 5.82 Å². The van der Waals surface area contributed by atoms with Gasteiger partial charge in [0.25, 0.3) is 5.91 Å². The van der Waals surface area contributed by atoms with Crippen molar-refractivity contribution in [2.45, 2.75) is 13.0 Å². The first-order valence-corrected chi connectivity index (χ1v) is 7.55. The lowest BCUT2D eigenvalue weighted by Gasteiger charge is -2.26. The minimum absolute atomic E-state index is 0.119. The Morgan fingerprint density at radius 3 is 2.43 bits per heavy atom. The zero-order chi connectivity index (χ0) is 15.6. The molecule has 0 heterocycles. The molecular formula is C16H14BrClFNO. The molecule has 0 bridgehead atoms. The minimum atomic E-state index is -0.383. The van der Waals surface area contributed by atoms with Crippen LogP contribution in [0.25, 0.3) is 0 Å². The summed E-state index contributed by atoms with van der Waals surface area (Å²) < 4.78 is 13.6. The number of amides is 1. The highest BCUT2D eigenvalue weighted by molar-refractivity contribution is 9.10. The molecule has 1 atom stereocenters. The summed E-state index contributed by atoms with van der Waals surface area (Å²) in [5.74, 6) is -0.559. The van der Waals surface area contributed by atoms with Crippen LogP contribution in [-0.4, -0.2) is 17.9 Å². The first-order valence-electron chi connectivity index (χ1n) is 6.38. The summed E-state index contributed by atoms with van der Waals surface area (Å²) in [7, 11) is 1.72. The summed E-state index contributed by atoms with van der Waals surface area (Å²) in [6.45, 7) is 1.93. The molecule has 5 heteroatoms. The predicted molar refractivity (Wildman–Crippen MR) is 86.1 cm³/mol. The quantitative estimate of drug-likeness (QED) is 0.738. The van der Waals surface area contributed by atoms with Crippen molar-refractivity contribution in [3.05, 3.63) is 68.9 Å². The van der Waals surface area contributed by atoms with Gasteiger partial charge >= 0.3 is 0 Å². The van der Waals surface area contributed by atoms with Gasteiger partial charge in [0, 0.05) is 16.5 Å². The van der Waals surface area contributed by atoms with Gasteiger partial charge in [-0.2, -0.15) is 0 Å². The molecule has 0 saturated heterocycles. The maximum absolute atomic E-state index is 13.1. The van der Waals surface area contributed by atoms with E-state index in [1.165, 1.54) is 18.2 Å². The Labute approximate surface area is 136 Å². The van der Waals surface area contributed by atoms with E-state index >= 15 is 0 Å². The van der Waals surface area contributed by atoms with Crippen LogP contribution in [0.5, 0.6) is 0 Å². The van der Waals surface area contributed by atoms with E-state index in [4.69, 9.17) is 11.6 Å². The Balaban J connectivity index is 2.24. The Morgan fingerprint density at radius 1 is 1.24 bits per heavy atom. The highest BCUT2D eigenvalue weighted by Crippen LogP contribution is 2.25. The number of benzene rings is 2. The van der Waals surface area contributed by atoms with E-state index in [-0.39, 0.29) is 17.8 Å². The van der Waals surface area contributed by atoms with Gasteiger partial charge in [0.1, 0.15) is 5.82 Å².